The van der Waals surface area contributed by atoms with Gasteiger partial charge in [-0.25, -0.2) is 0 Å². The smallest absolute Gasteiger partial charge is 0.234 e. The molecule has 0 radical (unpaired) electrons. The minimum Gasteiger partial charge on any atom is -0.494 e. The maximum absolute atomic E-state index is 12.7. The third-order valence-electron chi connectivity index (χ3n) is 6.60. The molecule has 1 aromatic heterocycles. The molecule has 2 N–H and O–H groups in total. The average molecular weight is 413 g/mol. The van der Waals surface area contributed by atoms with Crippen molar-refractivity contribution in [2.75, 3.05) is 19.7 Å². The number of piperidine rings is 1. The first kappa shape index (κ1) is 20.9. The molecule has 1 saturated heterocycles. The van der Waals surface area contributed by atoms with Crippen LogP contribution in [0.4, 0.5) is 0 Å². The SMILES string of the molecule is CCOc1ccccc1[C@H]1C2CCCCC2(O)CCN1CC(=O)NCc1ccco1. The molecule has 1 amide bonds. The first-order valence-electron chi connectivity index (χ1n) is 11.1. The molecule has 1 saturated carbocycles. The van der Waals surface area contributed by atoms with E-state index in [1.165, 1.54) is 0 Å². The van der Waals surface area contributed by atoms with Gasteiger partial charge in [-0.1, -0.05) is 31.0 Å². The van der Waals surface area contributed by atoms with E-state index in [9.17, 15) is 9.90 Å². The number of fused-ring (bicyclic) bond motifs is 1. The molecule has 0 bridgehead atoms. The van der Waals surface area contributed by atoms with Crippen molar-refractivity contribution in [3.63, 3.8) is 0 Å². The molecule has 1 aromatic carbocycles. The fraction of sp³-hybridized carbons (Fsp3) is 0.542. The van der Waals surface area contributed by atoms with Crippen LogP contribution < -0.4 is 10.1 Å². The van der Waals surface area contributed by atoms with Crippen molar-refractivity contribution in [1.82, 2.24) is 10.2 Å². The van der Waals surface area contributed by atoms with Gasteiger partial charge in [0.25, 0.3) is 0 Å². The molecule has 162 valence electrons. The molecule has 0 spiro atoms. The highest BCUT2D eigenvalue weighted by atomic mass is 16.5. The summed E-state index contributed by atoms with van der Waals surface area (Å²) in [4.78, 5) is 15.0. The number of ether oxygens (including phenoxy) is 1. The molecule has 2 aliphatic rings. The van der Waals surface area contributed by atoms with Gasteiger partial charge in [0, 0.05) is 24.1 Å². The predicted molar refractivity (Wildman–Crippen MR) is 114 cm³/mol. The van der Waals surface area contributed by atoms with E-state index in [1.807, 2.05) is 37.3 Å². The maximum Gasteiger partial charge on any atom is 0.234 e. The fourth-order valence-electron chi connectivity index (χ4n) is 5.18. The molecule has 2 fully saturated rings. The van der Waals surface area contributed by atoms with E-state index in [0.717, 1.165) is 42.8 Å². The molecule has 2 heterocycles. The van der Waals surface area contributed by atoms with E-state index in [0.29, 0.717) is 32.7 Å². The standard InChI is InChI=1S/C24H32N2O4/c1-2-29-21-11-4-3-9-19(21)23-20-10-5-6-12-24(20,28)13-14-26(23)17-22(27)25-16-18-8-7-15-30-18/h3-4,7-9,11,15,20,23,28H,2,5-6,10,12-14,16-17H2,1H3,(H,25,27)/t20?,23-,24?/m0/s1. The number of aliphatic hydroxyl groups is 1. The highest BCUT2D eigenvalue weighted by Gasteiger charge is 2.49. The summed E-state index contributed by atoms with van der Waals surface area (Å²) in [7, 11) is 0. The largest absolute Gasteiger partial charge is 0.494 e. The molecule has 2 unspecified atom stereocenters. The summed E-state index contributed by atoms with van der Waals surface area (Å²) in [5.74, 6) is 1.65. The molecule has 6 nitrogen and oxygen atoms in total. The highest BCUT2D eigenvalue weighted by molar-refractivity contribution is 5.78. The number of nitrogens with one attached hydrogen (secondary N) is 1. The molecule has 6 heteroatoms. The van der Waals surface area contributed by atoms with Gasteiger partial charge >= 0.3 is 0 Å². The maximum atomic E-state index is 12.7. The topological polar surface area (TPSA) is 74.9 Å². The van der Waals surface area contributed by atoms with Crippen LogP contribution in [0.5, 0.6) is 5.75 Å². The first-order chi connectivity index (χ1) is 14.6. The minimum absolute atomic E-state index is 0.0356. The van der Waals surface area contributed by atoms with Gasteiger partial charge in [-0.15, -0.1) is 0 Å². The van der Waals surface area contributed by atoms with Crippen molar-refractivity contribution in [3.8, 4) is 5.75 Å². The molecule has 4 rings (SSSR count). The number of amides is 1. The van der Waals surface area contributed by atoms with Crippen LogP contribution in [-0.2, 0) is 11.3 Å². The number of para-hydroxylation sites is 1. The second kappa shape index (κ2) is 9.23. The van der Waals surface area contributed by atoms with Gasteiger partial charge in [-0.2, -0.15) is 0 Å². The lowest BCUT2D eigenvalue weighted by molar-refractivity contribution is -0.138. The van der Waals surface area contributed by atoms with Crippen molar-refractivity contribution in [2.45, 2.75) is 57.2 Å². The van der Waals surface area contributed by atoms with Gasteiger partial charge in [-0.3, -0.25) is 9.69 Å². The van der Waals surface area contributed by atoms with Crippen molar-refractivity contribution in [2.24, 2.45) is 5.92 Å². The lowest BCUT2D eigenvalue weighted by atomic mass is 9.66. The number of benzene rings is 1. The summed E-state index contributed by atoms with van der Waals surface area (Å²) in [6.45, 7) is 3.93. The zero-order chi connectivity index (χ0) is 21.0. The van der Waals surface area contributed by atoms with Crippen LogP contribution in [0.2, 0.25) is 0 Å². The monoisotopic (exact) mass is 412 g/mol. The highest BCUT2D eigenvalue weighted by Crippen LogP contribution is 2.50. The van der Waals surface area contributed by atoms with Gasteiger partial charge in [0.05, 0.1) is 31.6 Å². The Morgan fingerprint density at radius 3 is 2.93 bits per heavy atom. The second-order valence-corrected chi connectivity index (χ2v) is 8.45. The number of carbonyl (C=O) groups excluding carboxylic acids is 1. The van der Waals surface area contributed by atoms with Crippen molar-refractivity contribution >= 4 is 5.91 Å². The van der Waals surface area contributed by atoms with E-state index < -0.39 is 5.60 Å². The molecule has 1 aliphatic carbocycles. The summed E-state index contributed by atoms with van der Waals surface area (Å²) < 4.78 is 11.2. The van der Waals surface area contributed by atoms with E-state index in [4.69, 9.17) is 9.15 Å². The normalized spacial score (nSPS) is 26.7. The Labute approximate surface area is 178 Å². The first-order valence-corrected chi connectivity index (χ1v) is 11.1. The van der Waals surface area contributed by atoms with E-state index >= 15 is 0 Å². The lowest BCUT2D eigenvalue weighted by Crippen LogP contribution is -2.56. The number of hydrogen-bond donors (Lipinski definition) is 2. The Balaban J connectivity index is 1.57. The Bertz CT molecular complexity index is 837. The Kier molecular flexibility index (Phi) is 6.44. The molecular weight excluding hydrogens is 380 g/mol. The summed E-state index contributed by atoms with van der Waals surface area (Å²) in [6, 6.07) is 11.7. The number of hydrogen-bond acceptors (Lipinski definition) is 5. The summed E-state index contributed by atoms with van der Waals surface area (Å²) in [5, 5.41) is 14.4. The molecule has 2 aromatic rings. The number of nitrogens with zero attached hydrogens (tertiary/aromatic N) is 1. The van der Waals surface area contributed by atoms with Gasteiger partial charge in [0.1, 0.15) is 11.5 Å². The van der Waals surface area contributed by atoms with Crippen molar-refractivity contribution < 1.29 is 19.1 Å². The van der Waals surface area contributed by atoms with Crippen LogP contribution in [0.3, 0.4) is 0 Å². The zero-order valence-electron chi connectivity index (χ0n) is 17.7. The minimum atomic E-state index is -0.663. The predicted octanol–water partition coefficient (Wildman–Crippen LogP) is 3.66. The lowest BCUT2D eigenvalue weighted by Gasteiger charge is -2.52. The van der Waals surface area contributed by atoms with Crippen LogP contribution >= 0.6 is 0 Å². The van der Waals surface area contributed by atoms with Crippen LogP contribution in [0, 0.1) is 5.92 Å². The Morgan fingerprint density at radius 2 is 2.13 bits per heavy atom. The van der Waals surface area contributed by atoms with Gasteiger partial charge in [0.15, 0.2) is 0 Å². The zero-order valence-corrected chi connectivity index (χ0v) is 17.7. The molecule has 30 heavy (non-hydrogen) atoms. The van der Waals surface area contributed by atoms with Crippen LogP contribution in [0.1, 0.15) is 56.4 Å². The van der Waals surface area contributed by atoms with Gasteiger partial charge in [0.2, 0.25) is 5.91 Å². The third kappa shape index (κ3) is 4.40. The fourth-order valence-corrected chi connectivity index (χ4v) is 5.18. The van der Waals surface area contributed by atoms with Crippen LogP contribution in [0.15, 0.2) is 47.1 Å². The number of carbonyl (C=O) groups is 1. The summed E-state index contributed by atoms with van der Waals surface area (Å²) in [6.07, 6.45) is 6.29. The van der Waals surface area contributed by atoms with Gasteiger partial charge in [-0.05, 0) is 44.4 Å². The number of likely N-dealkylation sites (tertiary alicyclic amines) is 1. The molecule has 3 atom stereocenters. The van der Waals surface area contributed by atoms with Crippen molar-refractivity contribution in [1.29, 1.82) is 0 Å². The van der Waals surface area contributed by atoms with Crippen LogP contribution in [0.25, 0.3) is 0 Å². The second-order valence-electron chi connectivity index (χ2n) is 8.45. The molecule has 1 aliphatic heterocycles. The Hall–Kier alpha value is -2.31. The molecular formula is C24H32N2O4. The summed E-state index contributed by atoms with van der Waals surface area (Å²) >= 11 is 0. The average Bonchev–Trinajstić information content (AvgIpc) is 3.27. The van der Waals surface area contributed by atoms with E-state index in [1.54, 1.807) is 6.26 Å². The number of furan rings is 1. The quantitative estimate of drug-likeness (QED) is 0.726. The third-order valence-corrected chi connectivity index (χ3v) is 6.60. The Morgan fingerprint density at radius 1 is 1.27 bits per heavy atom. The van der Waals surface area contributed by atoms with E-state index in [-0.39, 0.29) is 17.9 Å². The van der Waals surface area contributed by atoms with Crippen LogP contribution in [-0.4, -0.2) is 41.2 Å². The van der Waals surface area contributed by atoms with E-state index in [2.05, 4.69) is 16.3 Å². The number of rotatable bonds is 7. The van der Waals surface area contributed by atoms with Crippen molar-refractivity contribution in [3.05, 3.63) is 54.0 Å². The van der Waals surface area contributed by atoms with Gasteiger partial charge < -0.3 is 19.6 Å². The summed E-state index contributed by atoms with van der Waals surface area (Å²) in [5.41, 5.74) is 0.409.